The van der Waals surface area contributed by atoms with Crippen molar-refractivity contribution in [3.05, 3.63) is 24.3 Å². The van der Waals surface area contributed by atoms with Crippen molar-refractivity contribution in [2.24, 2.45) is 5.92 Å². The van der Waals surface area contributed by atoms with Crippen LogP contribution in [-0.2, 0) is 14.6 Å². The summed E-state index contributed by atoms with van der Waals surface area (Å²) in [6.07, 6.45) is 0.731. The second-order valence-corrected chi connectivity index (χ2v) is 6.89. The van der Waals surface area contributed by atoms with E-state index in [9.17, 15) is 18.3 Å². The SMILES string of the molecule is CCC1CC1(C(=O)O)S(=O)(=O)c1ccc(OC)cc1. The Labute approximate surface area is 112 Å². The van der Waals surface area contributed by atoms with E-state index in [0.717, 1.165) is 0 Å². The maximum atomic E-state index is 12.5. The van der Waals surface area contributed by atoms with Crippen LogP contribution in [0.1, 0.15) is 19.8 Å². The molecule has 1 N–H and O–H groups in total. The van der Waals surface area contributed by atoms with E-state index in [1.54, 1.807) is 6.92 Å². The third kappa shape index (κ3) is 1.90. The summed E-state index contributed by atoms with van der Waals surface area (Å²) in [5.74, 6) is -1.03. The first-order chi connectivity index (χ1) is 8.90. The van der Waals surface area contributed by atoms with E-state index in [1.807, 2.05) is 0 Å². The van der Waals surface area contributed by atoms with Crippen molar-refractivity contribution in [3.63, 3.8) is 0 Å². The van der Waals surface area contributed by atoms with Gasteiger partial charge in [0.25, 0.3) is 0 Å². The largest absolute Gasteiger partial charge is 0.497 e. The summed E-state index contributed by atoms with van der Waals surface area (Å²) in [5, 5.41) is 9.30. The number of sulfone groups is 1. The van der Waals surface area contributed by atoms with E-state index >= 15 is 0 Å². The number of rotatable bonds is 5. The van der Waals surface area contributed by atoms with Crippen molar-refractivity contribution in [2.75, 3.05) is 7.11 Å². The molecular weight excluding hydrogens is 268 g/mol. The number of methoxy groups -OCH3 is 1. The number of aliphatic carboxylic acids is 1. The van der Waals surface area contributed by atoms with E-state index in [-0.39, 0.29) is 17.2 Å². The van der Waals surface area contributed by atoms with Crippen molar-refractivity contribution >= 4 is 15.8 Å². The minimum absolute atomic E-state index is 0.0339. The molecule has 1 aromatic carbocycles. The zero-order valence-corrected chi connectivity index (χ0v) is 11.6. The molecule has 2 rings (SSSR count). The zero-order valence-electron chi connectivity index (χ0n) is 10.8. The van der Waals surface area contributed by atoms with Crippen LogP contribution in [0.5, 0.6) is 5.75 Å². The van der Waals surface area contributed by atoms with Gasteiger partial charge in [-0.1, -0.05) is 13.3 Å². The van der Waals surface area contributed by atoms with Crippen LogP contribution in [-0.4, -0.2) is 31.4 Å². The van der Waals surface area contributed by atoms with Gasteiger partial charge in [-0.15, -0.1) is 0 Å². The number of hydrogen-bond donors (Lipinski definition) is 1. The fourth-order valence-corrected chi connectivity index (χ4v) is 4.62. The van der Waals surface area contributed by atoms with Gasteiger partial charge in [-0.2, -0.15) is 0 Å². The minimum atomic E-state index is -3.87. The lowest BCUT2D eigenvalue weighted by Crippen LogP contribution is -2.34. The molecule has 2 unspecified atom stereocenters. The van der Waals surface area contributed by atoms with Crippen molar-refractivity contribution in [1.82, 2.24) is 0 Å². The Kier molecular flexibility index (Phi) is 3.30. The molecule has 0 bridgehead atoms. The van der Waals surface area contributed by atoms with Crippen LogP contribution >= 0.6 is 0 Å². The predicted octanol–water partition coefficient (Wildman–Crippen LogP) is 1.72. The van der Waals surface area contributed by atoms with E-state index in [4.69, 9.17) is 4.74 Å². The van der Waals surface area contributed by atoms with Crippen LogP contribution < -0.4 is 4.74 Å². The molecule has 0 aromatic heterocycles. The number of ether oxygens (including phenoxy) is 1. The van der Waals surface area contributed by atoms with Gasteiger partial charge < -0.3 is 9.84 Å². The summed E-state index contributed by atoms with van der Waals surface area (Å²) < 4.78 is 28.3. The van der Waals surface area contributed by atoms with E-state index < -0.39 is 20.6 Å². The van der Waals surface area contributed by atoms with Crippen LogP contribution in [0.15, 0.2) is 29.2 Å². The number of benzene rings is 1. The Bertz CT molecular complexity index is 590. The number of carboxylic acid groups (broad SMARTS) is 1. The van der Waals surface area contributed by atoms with Crippen molar-refractivity contribution < 1.29 is 23.1 Å². The maximum Gasteiger partial charge on any atom is 0.325 e. The third-order valence-corrected chi connectivity index (χ3v) is 6.28. The van der Waals surface area contributed by atoms with E-state index in [2.05, 4.69) is 0 Å². The van der Waals surface area contributed by atoms with Crippen LogP contribution in [0.3, 0.4) is 0 Å². The molecular formula is C13H16O5S. The van der Waals surface area contributed by atoms with Gasteiger partial charge in [-0.05, 0) is 36.6 Å². The van der Waals surface area contributed by atoms with Gasteiger partial charge in [-0.25, -0.2) is 8.42 Å². The first-order valence-corrected chi connectivity index (χ1v) is 7.50. The molecule has 0 radical (unpaired) electrons. The highest BCUT2D eigenvalue weighted by molar-refractivity contribution is 7.94. The fraction of sp³-hybridized carbons (Fsp3) is 0.462. The molecule has 0 amide bonds. The van der Waals surface area contributed by atoms with E-state index in [0.29, 0.717) is 12.2 Å². The predicted molar refractivity (Wildman–Crippen MR) is 68.9 cm³/mol. The van der Waals surface area contributed by atoms with Crippen LogP contribution in [0, 0.1) is 5.92 Å². The average Bonchev–Trinajstić information content (AvgIpc) is 3.15. The molecule has 0 heterocycles. The zero-order chi connectivity index (χ0) is 14.3. The number of carbonyl (C=O) groups is 1. The highest BCUT2D eigenvalue weighted by Crippen LogP contribution is 2.54. The fourth-order valence-electron chi connectivity index (χ4n) is 2.45. The Balaban J connectivity index is 2.44. The molecule has 6 heteroatoms. The molecule has 0 saturated heterocycles. The lowest BCUT2D eigenvalue weighted by atomic mass is 10.2. The molecule has 19 heavy (non-hydrogen) atoms. The Morgan fingerprint density at radius 2 is 2.00 bits per heavy atom. The first-order valence-electron chi connectivity index (χ1n) is 6.02. The third-order valence-electron chi connectivity index (χ3n) is 3.75. The smallest absolute Gasteiger partial charge is 0.325 e. The van der Waals surface area contributed by atoms with Gasteiger partial charge in [0.05, 0.1) is 12.0 Å². The van der Waals surface area contributed by atoms with Crippen LogP contribution in [0.4, 0.5) is 0 Å². The summed E-state index contributed by atoms with van der Waals surface area (Å²) in [6.45, 7) is 1.80. The molecule has 1 aliphatic carbocycles. The first kappa shape index (κ1) is 13.9. The lowest BCUT2D eigenvalue weighted by Gasteiger charge is -2.14. The monoisotopic (exact) mass is 284 g/mol. The summed E-state index contributed by atoms with van der Waals surface area (Å²) >= 11 is 0. The van der Waals surface area contributed by atoms with Gasteiger partial charge in [0, 0.05) is 0 Å². The second-order valence-electron chi connectivity index (χ2n) is 4.68. The molecule has 0 aliphatic heterocycles. The molecule has 1 fully saturated rings. The normalized spacial score (nSPS) is 25.9. The number of carboxylic acids is 1. The van der Waals surface area contributed by atoms with Crippen molar-refractivity contribution in [2.45, 2.75) is 29.4 Å². The maximum absolute atomic E-state index is 12.5. The van der Waals surface area contributed by atoms with Crippen molar-refractivity contribution in [3.8, 4) is 5.75 Å². The topological polar surface area (TPSA) is 80.7 Å². The quantitative estimate of drug-likeness (QED) is 0.890. The minimum Gasteiger partial charge on any atom is -0.497 e. The van der Waals surface area contributed by atoms with Gasteiger partial charge in [0.2, 0.25) is 0 Å². The molecule has 1 aliphatic rings. The van der Waals surface area contributed by atoms with Gasteiger partial charge in [0.1, 0.15) is 5.75 Å². The van der Waals surface area contributed by atoms with Gasteiger partial charge in [0.15, 0.2) is 14.6 Å². The number of hydrogen-bond acceptors (Lipinski definition) is 4. The summed E-state index contributed by atoms with van der Waals surface area (Å²) in [7, 11) is -2.39. The second kappa shape index (κ2) is 4.52. The molecule has 1 saturated carbocycles. The molecule has 0 spiro atoms. The van der Waals surface area contributed by atoms with Gasteiger partial charge >= 0.3 is 5.97 Å². The van der Waals surface area contributed by atoms with Gasteiger partial charge in [-0.3, -0.25) is 4.79 Å². The van der Waals surface area contributed by atoms with Crippen molar-refractivity contribution in [1.29, 1.82) is 0 Å². The van der Waals surface area contributed by atoms with E-state index in [1.165, 1.54) is 31.4 Å². The highest BCUT2D eigenvalue weighted by Gasteiger charge is 2.68. The summed E-state index contributed by atoms with van der Waals surface area (Å²) in [4.78, 5) is 11.4. The molecule has 5 nitrogen and oxygen atoms in total. The standard InChI is InChI=1S/C13H16O5S/c1-3-9-8-13(9,12(14)15)19(16,17)11-6-4-10(18-2)5-7-11/h4-7,9H,3,8H2,1-2H3,(H,14,15). The lowest BCUT2D eigenvalue weighted by molar-refractivity contribution is -0.137. The molecule has 104 valence electrons. The molecule has 2 atom stereocenters. The van der Waals surface area contributed by atoms with Crippen LogP contribution in [0.2, 0.25) is 0 Å². The summed E-state index contributed by atoms with van der Waals surface area (Å²) in [5.41, 5.74) is 0. The molecule has 1 aromatic rings. The summed E-state index contributed by atoms with van der Waals surface area (Å²) in [6, 6.07) is 5.82. The van der Waals surface area contributed by atoms with Crippen LogP contribution in [0.25, 0.3) is 0 Å². The Morgan fingerprint density at radius 3 is 2.37 bits per heavy atom. The Morgan fingerprint density at radius 1 is 1.42 bits per heavy atom. The average molecular weight is 284 g/mol. The Hall–Kier alpha value is -1.56. The highest BCUT2D eigenvalue weighted by atomic mass is 32.2.